The number of piperidine rings is 1. The van der Waals surface area contributed by atoms with Crippen molar-refractivity contribution in [3.8, 4) is 17.0 Å². The highest BCUT2D eigenvalue weighted by Crippen LogP contribution is 2.38. The number of aliphatic hydroxyl groups excluding tert-OH is 1. The van der Waals surface area contributed by atoms with E-state index in [0.717, 1.165) is 17.7 Å². The zero-order valence-corrected chi connectivity index (χ0v) is 23.3. The van der Waals surface area contributed by atoms with E-state index in [1.807, 2.05) is 4.90 Å². The molecule has 2 aromatic rings. The Labute approximate surface area is 236 Å². The predicted molar refractivity (Wildman–Crippen MR) is 142 cm³/mol. The van der Waals surface area contributed by atoms with Crippen LogP contribution in [0.4, 0.5) is 17.6 Å². The number of nitrogens with zero attached hydrogens (tertiary/aromatic N) is 3. The molecule has 2 fully saturated rings. The number of hydrogen-bond donors (Lipinski definition) is 1. The first-order chi connectivity index (χ1) is 19.3. The van der Waals surface area contributed by atoms with Crippen molar-refractivity contribution in [1.82, 2.24) is 14.8 Å². The number of amides is 1. The Morgan fingerprint density at radius 3 is 2.41 bits per heavy atom. The van der Waals surface area contributed by atoms with Gasteiger partial charge in [0.15, 0.2) is 0 Å². The van der Waals surface area contributed by atoms with E-state index in [2.05, 4.69) is 4.98 Å². The predicted octanol–water partition coefficient (Wildman–Crippen LogP) is 4.32. The summed E-state index contributed by atoms with van der Waals surface area (Å²) in [5.74, 6) is -1.44. The number of carbonyl (C=O) groups excluding carboxylic acids is 2. The maximum atomic E-state index is 15.0. The second-order valence-corrected chi connectivity index (χ2v) is 11.4. The summed E-state index contributed by atoms with van der Waals surface area (Å²) in [5, 5.41) is 9.93. The molecule has 1 aromatic heterocycles. The first kappa shape index (κ1) is 30.7. The minimum Gasteiger partial charge on any atom is -0.492 e. The summed E-state index contributed by atoms with van der Waals surface area (Å²) in [6.45, 7) is 3.90. The van der Waals surface area contributed by atoms with Gasteiger partial charge in [-0.15, -0.1) is 0 Å². The number of aliphatic hydroxyl groups is 1. The third-order valence-corrected chi connectivity index (χ3v) is 7.82. The molecule has 1 amide bonds. The molecule has 0 aliphatic carbocycles. The van der Waals surface area contributed by atoms with E-state index in [1.54, 1.807) is 18.2 Å². The number of ether oxygens (including phenoxy) is 2. The Morgan fingerprint density at radius 2 is 1.83 bits per heavy atom. The van der Waals surface area contributed by atoms with E-state index in [9.17, 15) is 32.3 Å². The van der Waals surface area contributed by atoms with E-state index < -0.39 is 41.4 Å². The Bertz CT molecular complexity index is 1230. The van der Waals surface area contributed by atoms with Crippen molar-refractivity contribution >= 4 is 11.9 Å². The quantitative estimate of drug-likeness (QED) is 0.367. The number of benzene rings is 1. The van der Waals surface area contributed by atoms with Gasteiger partial charge in [-0.2, -0.15) is 13.2 Å². The molecule has 0 spiro atoms. The molecule has 41 heavy (non-hydrogen) atoms. The van der Waals surface area contributed by atoms with Gasteiger partial charge in [0, 0.05) is 25.1 Å². The van der Waals surface area contributed by atoms with Gasteiger partial charge in [-0.05, 0) is 70.0 Å². The lowest BCUT2D eigenvalue weighted by Crippen LogP contribution is -2.46. The highest BCUT2D eigenvalue weighted by molar-refractivity contribution is 5.97. The van der Waals surface area contributed by atoms with Crippen molar-refractivity contribution in [2.45, 2.75) is 51.4 Å². The van der Waals surface area contributed by atoms with Gasteiger partial charge >= 0.3 is 12.1 Å². The standard InChI is InChI=1S/C29H35F4N3O5/c1-28(2,29(31,32)33)17-35-10-8-18(9-11-35)16-41-21-5-7-24(34-14-21)19-4-6-22(23(30)12-19)26(38)36-15-20(37)13-25(36)27(39)40-3/h4-7,12,14,18,20,25,37H,8-11,13,15-17H2,1-3H3/t20-,25+/m1/s1. The number of alkyl halides is 3. The van der Waals surface area contributed by atoms with Crippen LogP contribution in [0.15, 0.2) is 36.5 Å². The van der Waals surface area contributed by atoms with Gasteiger partial charge < -0.3 is 24.4 Å². The lowest BCUT2D eigenvalue weighted by atomic mass is 9.89. The van der Waals surface area contributed by atoms with Crippen LogP contribution in [0.5, 0.6) is 5.75 Å². The van der Waals surface area contributed by atoms with Crippen LogP contribution in [0.3, 0.4) is 0 Å². The van der Waals surface area contributed by atoms with Gasteiger partial charge in [-0.3, -0.25) is 9.78 Å². The minimum atomic E-state index is -4.25. The van der Waals surface area contributed by atoms with Crippen molar-refractivity contribution in [2.24, 2.45) is 11.3 Å². The Kier molecular flexibility index (Phi) is 9.22. The maximum Gasteiger partial charge on any atom is 0.395 e. The lowest BCUT2D eigenvalue weighted by Gasteiger charge is -2.38. The molecule has 3 heterocycles. The van der Waals surface area contributed by atoms with E-state index in [4.69, 9.17) is 9.47 Å². The number of aromatic nitrogens is 1. The number of pyridine rings is 1. The van der Waals surface area contributed by atoms with Crippen LogP contribution in [0, 0.1) is 17.2 Å². The normalized spacial score (nSPS) is 20.7. The van der Waals surface area contributed by atoms with Gasteiger partial charge in [0.05, 0.1) is 42.7 Å². The van der Waals surface area contributed by atoms with E-state index >= 15 is 0 Å². The topological polar surface area (TPSA) is 92.2 Å². The number of hydrogen-bond acceptors (Lipinski definition) is 7. The molecule has 2 atom stereocenters. The van der Waals surface area contributed by atoms with Crippen LogP contribution < -0.4 is 4.74 Å². The van der Waals surface area contributed by atoms with Crippen molar-refractivity contribution in [3.63, 3.8) is 0 Å². The Hall–Kier alpha value is -3.25. The van der Waals surface area contributed by atoms with Crippen LogP contribution >= 0.6 is 0 Å². The molecule has 2 saturated heterocycles. The third kappa shape index (κ3) is 7.16. The van der Waals surface area contributed by atoms with Crippen LogP contribution in [0.2, 0.25) is 0 Å². The highest BCUT2D eigenvalue weighted by atomic mass is 19.4. The van der Waals surface area contributed by atoms with E-state index in [1.165, 1.54) is 39.3 Å². The van der Waals surface area contributed by atoms with E-state index in [0.29, 0.717) is 36.7 Å². The van der Waals surface area contributed by atoms with Gasteiger partial charge in [0.2, 0.25) is 0 Å². The summed E-state index contributed by atoms with van der Waals surface area (Å²) >= 11 is 0. The summed E-state index contributed by atoms with van der Waals surface area (Å²) in [4.78, 5) is 32.3. The number of rotatable bonds is 8. The molecule has 224 valence electrons. The summed E-state index contributed by atoms with van der Waals surface area (Å²) in [7, 11) is 1.18. The molecule has 2 aliphatic heterocycles. The number of carbonyl (C=O) groups is 2. The summed E-state index contributed by atoms with van der Waals surface area (Å²) < 4.78 is 65.1. The molecule has 2 aliphatic rings. The second-order valence-electron chi connectivity index (χ2n) is 11.4. The largest absolute Gasteiger partial charge is 0.492 e. The zero-order valence-electron chi connectivity index (χ0n) is 23.3. The maximum absolute atomic E-state index is 15.0. The van der Waals surface area contributed by atoms with Crippen LogP contribution in [-0.4, -0.2) is 90.0 Å². The molecular weight excluding hydrogens is 546 g/mol. The molecule has 12 heteroatoms. The van der Waals surface area contributed by atoms with Crippen LogP contribution in [0.1, 0.15) is 43.5 Å². The number of methoxy groups -OCH3 is 1. The fourth-order valence-corrected chi connectivity index (χ4v) is 5.21. The van der Waals surface area contributed by atoms with Crippen molar-refractivity contribution in [1.29, 1.82) is 0 Å². The number of likely N-dealkylation sites (tertiary alicyclic amines) is 2. The number of esters is 1. The minimum absolute atomic E-state index is 0.0238. The van der Waals surface area contributed by atoms with Gasteiger partial charge in [0.25, 0.3) is 5.91 Å². The van der Waals surface area contributed by atoms with Gasteiger partial charge in [-0.25, -0.2) is 9.18 Å². The van der Waals surface area contributed by atoms with Crippen LogP contribution in [0.25, 0.3) is 11.3 Å². The molecule has 1 aromatic carbocycles. The van der Waals surface area contributed by atoms with Gasteiger partial charge in [-0.1, -0.05) is 6.07 Å². The lowest BCUT2D eigenvalue weighted by molar-refractivity contribution is -0.217. The molecule has 0 unspecified atom stereocenters. The molecule has 8 nitrogen and oxygen atoms in total. The summed E-state index contributed by atoms with van der Waals surface area (Å²) in [5.41, 5.74) is -1.09. The Morgan fingerprint density at radius 1 is 1.12 bits per heavy atom. The smallest absolute Gasteiger partial charge is 0.395 e. The van der Waals surface area contributed by atoms with E-state index in [-0.39, 0.29) is 31.0 Å². The third-order valence-electron chi connectivity index (χ3n) is 7.82. The molecule has 0 radical (unpaired) electrons. The molecular formula is C29H35F4N3O5. The zero-order chi connectivity index (χ0) is 29.9. The van der Waals surface area contributed by atoms with Crippen LogP contribution in [-0.2, 0) is 9.53 Å². The summed E-state index contributed by atoms with van der Waals surface area (Å²) in [6.07, 6.45) is -2.14. The molecule has 1 N–H and O–H groups in total. The monoisotopic (exact) mass is 581 g/mol. The average molecular weight is 582 g/mol. The molecule has 0 saturated carbocycles. The number of β-amino-alcohol motifs (C(OH)–C–C–N with tert-alkyl or cyclic N) is 1. The average Bonchev–Trinajstić information content (AvgIpc) is 3.33. The first-order valence-electron chi connectivity index (χ1n) is 13.5. The fraction of sp³-hybridized carbons (Fsp3) is 0.552. The molecule has 4 rings (SSSR count). The summed E-state index contributed by atoms with van der Waals surface area (Å²) in [6, 6.07) is 6.44. The fourth-order valence-electron chi connectivity index (χ4n) is 5.21. The van der Waals surface area contributed by atoms with Gasteiger partial charge in [0.1, 0.15) is 17.6 Å². The Balaban J connectivity index is 1.31. The van der Waals surface area contributed by atoms with Crippen molar-refractivity contribution < 1.29 is 41.7 Å². The number of halogens is 4. The second kappa shape index (κ2) is 12.3. The molecule has 0 bridgehead atoms. The first-order valence-corrected chi connectivity index (χ1v) is 13.5. The van der Waals surface area contributed by atoms with Crippen molar-refractivity contribution in [3.05, 3.63) is 47.9 Å². The SMILES string of the molecule is COC(=O)[C@@H]1C[C@@H](O)CN1C(=O)c1ccc(-c2ccc(OCC3CCN(CC(C)(C)C(F)(F)F)CC3)cn2)cc1F. The van der Waals surface area contributed by atoms with Crippen molar-refractivity contribution in [2.75, 3.05) is 39.9 Å². The highest BCUT2D eigenvalue weighted by Gasteiger charge is 2.48.